The first-order valence-corrected chi connectivity index (χ1v) is 4.88. The van der Waals surface area contributed by atoms with E-state index in [0.717, 1.165) is 12.0 Å². The normalized spacial score (nSPS) is 7.69. The average molecular weight is 174 g/mol. The maximum absolute atomic E-state index is 3.03. The Morgan fingerprint density at radius 1 is 1.23 bits per heavy atom. The fourth-order valence-corrected chi connectivity index (χ4v) is 1.01. The molecule has 1 rings (SSSR count). The lowest BCUT2D eigenvalue weighted by Crippen LogP contribution is -1.80. The van der Waals surface area contributed by atoms with Crippen LogP contribution in [-0.4, -0.2) is 0 Å². The van der Waals surface area contributed by atoms with E-state index in [1.807, 2.05) is 26.8 Å². The Labute approximate surface area is 82.0 Å². The fourth-order valence-electron chi connectivity index (χ4n) is 1.01. The van der Waals surface area contributed by atoms with Gasteiger partial charge in [-0.2, -0.15) is 0 Å². The lowest BCUT2D eigenvalue weighted by molar-refractivity contribution is 1.14. The van der Waals surface area contributed by atoms with Gasteiger partial charge >= 0.3 is 0 Å². The van der Waals surface area contributed by atoms with Crippen molar-refractivity contribution in [2.45, 2.75) is 34.1 Å². The molecule has 1 aromatic rings. The zero-order valence-electron chi connectivity index (χ0n) is 9.02. The van der Waals surface area contributed by atoms with Crippen LogP contribution in [0, 0.1) is 11.8 Å². The summed E-state index contributed by atoms with van der Waals surface area (Å²) in [5.41, 5.74) is 2.47. The standard InChI is InChI=1S/C11H12.C2H6/c1-3-6-11-8-5-7-10(4-2)9-11;1-2/h5,7-9H,4H2,1-2H3;1-2H3. The number of rotatable bonds is 1. The molecule has 0 aliphatic rings. The van der Waals surface area contributed by atoms with Crippen LogP contribution in [-0.2, 0) is 6.42 Å². The van der Waals surface area contributed by atoms with Crippen LogP contribution in [0.25, 0.3) is 0 Å². The Morgan fingerprint density at radius 2 is 1.92 bits per heavy atom. The molecule has 0 fully saturated rings. The summed E-state index contributed by atoms with van der Waals surface area (Å²) in [5, 5.41) is 0. The maximum atomic E-state index is 3.03. The minimum atomic E-state index is 1.08. The van der Waals surface area contributed by atoms with Crippen molar-refractivity contribution in [3.63, 3.8) is 0 Å². The van der Waals surface area contributed by atoms with E-state index < -0.39 is 0 Å². The maximum Gasteiger partial charge on any atom is 0.0247 e. The lowest BCUT2D eigenvalue weighted by Gasteiger charge is -1.95. The van der Waals surface area contributed by atoms with Crippen molar-refractivity contribution in [1.29, 1.82) is 0 Å². The average Bonchev–Trinajstić information content (AvgIpc) is 2.22. The summed E-state index contributed by atoms with van der Waals surface area (Å²) in [4.78, 5) is 0. The Kier molecular flexibility index (Phi) is 6.73. The quantitative estimate of drug-likeness (QED) is 0.570. The summed E-state index contributed by atoms with van der Waals surface area (Å²) in [6.45, 7) is 8.01. The highest BCUT2D eigenvalue weighted by Gasteiger charge is 1.88. The summed E-state index contributed by atoms with van der Waals surface area (Å²) < 4.78 is 0. The van der Waals surface area contributed by atoms with Crippen LogP contribution in [0.3, 0.4) is 0 Å². The van der Waals surface area contributed by atoms with Gasteiger partial charge < -0.3 is 0 Å². The van der Waals surface area contributed by atoms with Crippen LogP contribution in [0.5, 0.6) is 0 Å². The molecule has 0 heteroatoms. The summed E-state index contributed by atoms with van der Waals surface area (Å²) in [6, 6.07) is 8.35. The lowest BCUT2D eigenvalue weighted by atomic mass is 10.1. The summed E-state index contributed by atoms with van der Waals surface area (Å²) in [7, 11) is 0. The van der Waals surface area contributed by atoms with Crippen LogP contribution in [0.4, 0.5) is 0 Å². The van der Waals surface area contributed by atoms with Gasteiger partial charge in [-0.1, -0.05) is 38.8 Å². The fraction of sp³-hybridized carbons (Fsp3) is 0.385. The van der Waals surface area contributed by atoms with E-state index in [-0.39, 0.29) is 0 Å². The molecular formula is C13H18. The largest absolute Gasteiger partial charge is 0.101 e. The summed E-state index contributed by atoms with van der Waals surface area (Å²) >= 11 is 0. The first kappa shape index (κ1) is 11.8. The van der Waals surface area contributed by atoms with Crippen molar-refractivity contribution in [3.05, 3.63) is 35.4 Å². The minimum absolute atomic E-state index is 1.08. The molecule has 13 heavy (non-hydrogen) atoms. The molecule has 0 aliphatic heterocycles. The molecule has 0 atom stereocenters. The smallest absolute Gasteiger partial charge is 0.0247 e. The van der Waals surface area contributed by atoms with Gasteiger partial charge in [-0.15, -0.1) is 5.92 Å². The van der Waals surface area contributed by atoms with E-state index in [2.05, 4.69) is 37.0 Å². The third-order valence-electron chi connectivity index (χ3n) is 1.60. The van der Waals surface area contributed by atoms with Gasteiger partial charge in [0.25, 0.3) is 0 Å². The molecule has 1 aromatic carbocycles. The van der Waals surface area contributed by atoms with Gasteiger partial charge in [-0.3, -0.25) is 0 Å². The highest BCUT2D eigenvalue weighted by molar-refractivity contribution is 5.36. The van der Waals surface area contributed by atoms with Crippen LogP contribution < -0.4 is 0 Å². The molecule has 0 unspecified atom stereocenters. The van der Waals surface area contributed by atoms with Gasteiger partial charge in [0.1, 0.15) is 0 Å². The Morgan fingerprint density at radius 3 is 2.46 bits per heavy atom. The molecule has 0 spiro atoms. The summed E-state index contributed by atoms with van der Waals surface area (Å²) in [6.07, 6.45) is 1.08. The molecule has 0 amide bonds. The molecule has 0 saturated heterocycles. The van der Waals surface area contributed by atoms with Gasteiger partial charge in [-0.05, 0) is 31.0 Å². The van der Waals surface area contributed by atoms with Crippen LogP contribution >= 0.6 is 0 Å². The van der Waals surface area contributed by atoms with E-state index in [0.29, 0.717) is 0 Å². The van der Waals surface area contributed by atoms with Crippen LogP contribution in [0.15, 0.2) is 24.3 Å². The third-order valence-corrected chi connectivity index (χ3v) is 1.60. The Balaban J connectivity index is 0.000000671. The van der Waals surface area contributed by atoms with Crippen molar-refractivity contribution >= 4 is 0 Å². The summed E-state index contributed by atoms with van der Waals surface area (Å²) in [5.74, 6) is 5.92. The van der Waals surface area contributed by atoms with E-state index in [1.165, 1.54) is 5.56 Å². The van der Waals surface area contributed by atoms with Gasteiger partial charge in [0, 0.05) is 5.56 Å². The van der Waals surface area contributed by atoms with Gasteiger partial charge in [-0.25, -0.2) is 0 Å². The molecule has 0 bridgehead atoms. The van der Waals surface area contributed by atoms with Crippen LogP contribution in [0.1, 0.15) is 38.8 Å². The highest BCUT2D eigenvalue weighted by atomic mass is 13.9. The van der Waals surface area contributed by atoms with Crippen molar-refractivity contribution in [2.24, 2.45) is 0 Å². The molecular weight excluding hydrogens is 156 g/mol. The molecule has 0 radical (unpaired) electrons. The monoisotopic (exact) mass is 174 g/mol. The first-order valence-electron chi connectivity index (χ1n) is 4.88. The molecule has 0 heterocycles. The topological polar surface area (TPSA) is 0 Å². The second-order valence-corrected chi connectivity index (χ2v) is 2.43. The van der Waals surface area contributed by atoms with E-state index >= 15 is 0 Å². The third kappa shape index (κ3) is 4.38. The SMILES string of the molecule is CC.CC#Cc1cccc(CC)c1. The molecule has 0 saturated carbocycles. The van der Waals surface area contributed by atoms with Crippen molar-refractivity contribution < 1.29 is 0 Å². The van der Waals surface area contributed by atoms with Crippen molar-refractivity contribution in [2.75, 3.05) is 0 Å². The number of benzene rings is 1. The molecule has 0 nitrogen and oxygen atoms in total. The number of hydrogen-bond donors (Lipinski definition) is 0. The Bertz CT molecular complexity index is 286. The number of hydrogen-bond acceptors (Lipinski definition) is 0. The number of aryl methyl sites for hydroxylation is 1. The second kappa shape index (κ2) is 7.43. The van der Waals surface area contributed by atoms with Crippen molar-refractivity contribution in [1.82, 2.24) is 0 Å². The predicted molar refractivity (Wildman–Crippen MR) is 59.7 cm³/mol. The van der Waals surface area contributed by atoms with Crippen molar-refractivity contribution in [3.8, 4) is 11.8 Å². The second-order valence-electron chi connectivity index (χ2n) is 2.43. The van der Waals surface area contributed by atoms with E-state index in [9.17, 15) is 0 Å². The highest BCUT2D eigenvalue weighted by Crippen LogP contribution is 2.03. The molecule has 0 aromatic heterocycles. The molecule has 70 valence electrons. The Hall–Kier alpha value is -1.22. The van der Waals surface area contributed by atoms with Gasteiger partial charge in [0.15, 0.2) is 0 Å². The molecule has 0 aliphatic carbocycles. The predicted octanol–water partition coefficient (Wildman–Crippen LogP) is 3.65. The zero-order valence-corrected chi connectivity index (χ0v) is 9.02. The first-order chi connectivity index (χ1) is 6.36. The van der Waals surface area contributed by atoms with E-state index in [1.54, 1.807) is 0 Å². The van der Waals surface area contributed by atoms with E-state index in [4.69, 9.17) is 0 Å². The zero-order chi connectivity index (χ0) is 10.1. The van der Waals surface area contributed by atoms with Gasteiger partial charge in [0.2, 0.25) is 0 Å². The minimum Gasteiger partial charge on any atom is -0.101 e. The van der Waals surface area contributed by atoms with Gasteiger partial charge in [0.05, 0.1) is 0 Å². The molecule has 0 N–H and O–H groups in total. The van der Waals surface area contributed by atoms with Crippen LogP contribution in [0.2, 0.25) is 0 Å².